The molecule has 2 aromatic heterocycles. The van der Waals surface area contributed by atoms with E-state index in [2.05, 4.69) is 26.9 Å². The second-order valence-electron chi connectivity index (χ2n) is 7.30. The predicted molar refractivity (Wildman–Crippen MR) is 92.9 cm³/mol. The normalized spacial score (nSPS) is 24.2. The van der Waals surface area contributed by atoms with Gasteiger partial charge in [-0.25, -0.2) is 4.98 Å². The van der Waals surface area contributed by atoms with Gasteiger partial charge < -0.3 is 9.88 Å². The van der Waals surface area contributed by atoms with Gasteiger partial charge in [-0.15, -0.1) is 0 Å². The fraction of sp³-hybridized carbons (Fsp3) is 0.647. The van der Waals surface area contributed by atoms with E-state index in [0.29, 0.717) is 29.3 Å². The van der Waals surface area contributed by atoms with E-state index in [1.807, 2.05) is 4.90 Å². The highest BCUT2D eigenvalue weighted by molar-refractivity contribution is 5.85. The molecule has 2 saturated heterocycles. The molecule has 1 N–H and O–H groups in total. The number of nitrogens with one attached hydrogen (secondary N) is 1. The second-order valence-corrected chi connectivity index (χ2v) is 7.30. The summed E-state index contributed by atoms with van der Waals surface area (Å²) in [6.45, 7) is 6.00. The van der Waals surface area contributed by atoms with Crippen molar-refractivity contribution in [2.75, 3.05) is 26.2 Å². The molecule has 2 fully saturated rings. The van der Waals surface area contributed by atoms with Crippen molar-refractivity contribution < 1.29 is 4.79 Å². The average molecular weight is 344 g/mol. The maximum Gasteiger partial charge on any atom is 0.262 e. The van der Waals surface area contributed by atoms with E-state index in [1.54, 1.807) is 11.7 Å². The highest BCUT2D eigenvalue weighted by Gasteiger charge is 2.50. The predicted octanol–water partition coefficient (Wildman–Crippen LogP) is 0.491. The van der Waals surface area contributed by atoms with E-state index in [9.17, 15) is 9.59 Å². The number of amides is 1. The van der Waals surface area contributed by atoms with Crippen molar-refractivity contribution in [2.45, 2.75) is 32.7 Å². The Balaban J connectivity index is 1.51. The van der Waals surface area contributed by atoms with Gasteiger partial charge >= 0.3 is 0 Å². The Morgan fingerprint density at radius 1 is 1.28 bits per heavy atom. The number of H-pyrrole nitrogens is 1. The molecule has 4 heterocycles. The van der Waals surface area contributed by atoms with Crippen LogP contribution in [-0.2, 0) is 18.4 Å². The van der Waals surface area contributed by atoms with Crippen LogP contribution in [0.3, 0.4) is 0 Å². The maximum atomic E-state index is 12.8. The van der Waals surface area contributed by atoms with Gasteiger partial charge in [-0.2, -0.15) is 5.10 Å². The van der Waals surface area contributed by atoms with Crippen LogP contribution in [-0.4, -0.2) is 61.6 Å². The number of rotatable bonds is 4. The number of aryl methyl sites for hydroxylation is 1. The van der Waals surface area contributed by atoms with Crippen molar-refractivity contribution in [1.82, 2.24) is 29.5 Å². The number of aromatic amines is 1. The lowest BCUT2D eigenvalue weighted by molar-refractivity contribution is -0.135. The summed E-state index contributed by atoms with van der Waals surface area (Å²) in [7, 11) is 1.78. The molecular weight excluding hydrogens is 320 g/mol. The lowest BCUT2D eigenvalue weighted by Gasteiger charge is -2.23. The fourth-order valence-electron chi connectivity index (χ4n) is 4.21. The largest absolute Gasteiger partial charge is 0.342 e. The van der Waals surface area contributed by atoms with Crippen LogP contribution in [0, 0.1) is 5.41 Å². The van der Waals surface area contributed by atoms with Crippen molar-refractivity contribution >= 4 is 16.9 Å². The van der Waals surface area contributed by atoms with E-state index in [0.717, 1.165) is 45.4 Å². The third-order valence-corrected chi connectivity index (χ3v) is 5.55. The molecule has 0 radical (unpaired) electrons. The van der Waals surface area contributed by atoms with Crippen LogP contribution < -0.4 is 5.56 Å². The molecule has 2 aromatic rings. The summed E-state index contributed by atoms with van der Waals surface area (Å²) in [5.41, 5.74) is 0.207. The average Bonchev–Trinajstić information content (AvgIpc) is 3.24. The summed E-state index contributed by atoms with van der Waals surface area (Å²) >= 11 is 0. The summed E-state index contributed by atoms with van der Waals surface area (Å²) in [5.74, 6) is 0.939. The Labute approximate surface area is 145 Å². The van der Waals surface area contributed by atoms with Crippen molar-refractivity contribution in [2.24, 2.45) is 12.5 Å². The molecule has 8 heteroatoms. The van der Waals surface area contributed by atoms with E-state index in [-0.39, 0.29) is 11.0 Å². The van der Waals surface area contributed by atoms with Crippen LogP contribution in [0.2, 0.25) is 0 Å². The Morgan fingerprint density at radius 3 is 2.88 bits per heavy atom. The van der Waals surface area contributed by atoms with Gasteiger partial charge in [-0.05, 0) is 25.8 Å². The zero-order valence-electron chi connectivity index (χ0n) is 14.8. The monoisotopic (exact) mass is 344 g/mol. The van der Waals surface area contributed by atoms with Gasteiger partial charge in [0.1, 0.15) is 11.2 Å². The number of carbonyl (C=O) groups is 1. The highest BCUT2D eigenvalue weighted by Crippen LogP contribution is 2.40. The summed E-state index contributed by atoms with van der Waals surface area (Å²) in [6.07, 6.45) is 4.37. The van der Waals surface area contributed by atoms with Gasteiger partial charge in [0, 0.05) is 26.7 Å². The zero-order valence-corrected chi connectivity index (χ0v) is 14.8. The number of likely N-dealkylation sites (tertiary alicyclic amines) is 2. The zero-order chi connectivity index (χ0) is 17.6. The van der Waals surface area contributed by atoms with Gasteiger partial charge in [0.25, 0.3) is 5.56 Å². The molecule has 2 aliphatic heterocycles. The van der Waals surface area contributed by atoms with Crippen molar-refractivity contribution in [3.05, 3.63) is 22.4 Å². The van der Waals surface area contributed by atoms with Crippen LogP contribution in [0.4, 0.5) is 0 Å². The number of aromatic nitrogens is 4. The number of fused-ring (bicyclic) bond motifs is 1. The molecule has 0 aliphatic carbocycles. The fourth-order valence-corrected chi connectivity index (χ4v) is 4.21. The molecule has 8 nitrogen and oxygen atoms in total. The van der Waals surface area contributed by atoms with Gasteiger partial charge in [0.05, 0.1) is 18.2 Å². The Bertz CT molecular complexity index is 872. The van der Waals surface area contributed by atoms with Gasteiger partial charge in [0.15, 0.2) is 5.65 Å². The van der Waals surface area contributed by atoms with Crippen LogP contribution in [0.5, 0.6) is 0 Å². The Morgan fingerprint density at radius 2 is 2.08 bits per heavy atom. The van der Waals surface area contributed by atoms with Gasteiger partial charge in [0.2, 0.25) is 5.91 Å². The lowest BCUT2D eigenvalue weighted by atomic mass is 9.85. The standard InChI is InChI=1S/C17H24N6O2/c1-3-6-23-8-5-17(16(23)25)4-7-22(11-17)10-13-19-14-12(15(24)20-13)9-18-21(14)2/h9H,3-8,10-11H2,1-2H3,(H,19,20,24). The van der Waals surface area contributed by atoms with Crippen LogP contribution in [0.15, 0.2) is 11.0 Å². The molecule has 134 valence electrons. The molecule has 1 atom stereocenters. The quantitative estimate of drug-likeness (QED) is 0.872. The third kappa shape index (κ3) is 2.64. The molecule has 0 bridgehead atoms. The molecule has 0 aromatic carbocycles. The first-order chi connectivity index (χ1) is 12.0. The van der Waals surface area contributed by atoms with Gasteiger partial charge in [-0.1, -0.05) is 6.92 Å². The molecule has 1 spiro atoms. The highest BCUT2D eigenvalue weighted by atomic mass is 16.2. The molecule has 2 aliphatic rings. The summed E-state index contributed by atoms with van der Waals surface area (Å²) < 4.78 is 1.61. The minimum Gasteiger partial charge on any atom is -0.342 e. The van der Waals surface area contributed by atoms with Crippen LogP contribution in [0.1, 0.15) is 32.0 Å². The topological polar surface area (TPSA) is 87.1 Å². The first-order valence-electron chi connectivity index (χ1n) is 8.95. The maximum absolute atomic E-state index is 12.8. The van der Waals surface area contributed by atoms with E-state index in [1.165, 1.54) is 6.20 Å². The number of carbonyl (C=O) groups excluding carboxylic acids is 1. The summed E-state index contributed by atoms with van der Waals surface area (Å²) in [5, 5.41) is 4.60. The third-order valence-electron chi connectivity index (χ3n) is 5.55. The van der Waals surface area contributed by atoms with Crippen molar-refractivity contribution in [1.29, 1.82) is 0 Å². The second kappa shape index (κ2) is 5.94. The smallest absolute Gasteiger partial charge is 0.262 e. The lowest BCUT2D eigenvalue weighted by Crippen LogP contribution is -2.37. The first-order valence-corrected chi connectivity index (χ1v) is 8.95. The number of nitrogens with zero attached hydrogens (tertiary/aromatic N) is 5. The molecular formula is C17H24N6O2. The minimum atomic E-state index is -0.230. The van der Waals surface area contributed by atoms with E-state index in [4.69, 9.17) is 0 Å². The van der Waals surface area contributed by atoms with Crippen molar-refractivity contribution in [3.8, 4) is 0 Å². The van der Waals surface area contributed by atoms with Gasteiger partial charge in [-0.3, -0.25) is 19.2 Å². The van der Waals surface area contributed by atoms with Crippen molar-refractivity contribution in [3.63, 3.8) is 0 Å². The minimum absolute atomic E-state index is 0.159. The van der Waals surface area contributed by atoms with Crippen LogP contribution in [0.25, 0.3) is 11.0 Å². The summed E-state index contributed by atoms with van der Waals surface area (Å²) in [4.78, 5) is 36.6. The Kier molecular flexibility index (Phi) is 3.87. The SMILES string of the molecule is CCCN1CCC2(CCN(Cc3nc4c(cnn4C)c(=O)[nH]3)C2)C1=O. The van der Waals surface area contributed by atoms with Crippen LogP contribution >= 0.6 is 0 Å². The molecule has 0 saturated carbocycles. The van der Waals surface area contributed by atoms with E-state index >= 15 is 0 Å². The molecule has 4 rings (SSSR count). The summed E-state index contributed by atoms with van der Waals surface area (Å²) in [6, 6.07) is 0. The van der Waals surface area contributed by atoms with E-state index < -0.39 is 0 Å². The molecule has 1 unspecified atom stereocenters. The molecule has 1 amide bonds. The number of hydrogen-bond donors (Lipinski definition) is 1. The number of hydrogen-bond acceptors (Lipinski definition) is 5. The first kappa shape index (κ1) is 16.3. The Hall–Kier alpha value is -2.22. The molecule has 25 heavy (non-hydrogen) atoms.